The fourth-order valence-corrected chi connectivity index (χ4v) is 4.21. The normalized spacial score (nSPS) is 10.4. The number of unbranched alkanes of at least 4 members (excludes halogenated alkanes) is 3. The predicted octanol–water partition coefficient (Wildman–Crippen LogP) is 6.74. The number of rotatable bonds is 15. The number of carbonyl (C=O) groups is 4. The molecule has 0 amide bonds. The Labute approximate surface area is 265 Å². The van der Waals surface area contributed by atoms with Crippen molar-refractivity contribution in [2.24, 2.45) is 0 Å². The molecule has 0 saturated heterocycles. The van der Waals surface area contributed by atoms with Crippen molar-refractivity contribution >= 4 is 34.6 Å². The van der Waals surface area contributed by atoms with Gasteiger partial charge in [0.1, 0.15) is 17.2 Å². The first-order valence-electron chi connectivity index (χ1n) is 14.4. The molecule has 1 N–H and O–H groups in total. The third-order valence-corrected chi connectivity index (χ3v) is 6.58. The average molecular weight is 625 g/mol. The highest BCUT2D eigenvalue weighted by Gasteiger charge is 2.15. The number of benzene rings is 4. The van der Waals surface area contributed by atoms with Crippen LogP contribution in [0.4, 0.5) is 0 Å². The van der Waals surface area contributed by atoms with Crippen LogP contribution in [0.15, 0.2) is 104 Å². The summed E-state index contributed by atoms with van der Waals surface area (Å²) in [5.74, 6) is -1.87. The Kier molecular flexibility index (Phi) is 11.7. The highest BCUT2D eigenvalue weighted by atomic mass is 16.6. The van der Waals surface area contributed by atoms with E-state index >= 15 is 0 Å². The van der Waals surface area contributed by atoms with Gasteiger partial charge in [0, 0.05) is 18.2 Å². The summed E-state index contributed by atoms with van der Waals surface area (Å²) >= 11 is 0. The summed E-state index contributed by atoms with van der Waals surface area (Å²) in [4.78, 5) is 47.8. The van der Waals surface area contributed by atoms with Gasteiger partial charge in [-0.15, -0.1) is 0 Å². The highest BCUT2D eigenvalue weighted by Crippen LogP contribution is 2.32. The van der Waals surface area contributed by atoms with Gasteiger partial charge in [-0.2, -0.15) is 0 Å². The summed E-state index contributed by atoms with van der Waals surface area (Å²) in [5, 5.41) is 11.9. The standard InChI is InChI=1S/C36H32O10/c1-3-33(38)43-20-8-6-5-7-19-42-28-14-11-24(12-15-28)35(40)45-30-17-18-32(31(37)23-30)46-36(41)27-10-9-26-22-29(44-34(39)4-2)16-13-25(26)21-27/h3-4,9-18,21-23,37H,1-2,5-8,19-20H2. The van der Waals surface area contributed by atoms with Crippen LogP contribution in [0.1, 0.15) is 46.4 Å². The molecule has 0 heterocycles. The first-order chi connectivity index (χ1) is 22.2. The van der Waals surface area contributed by atoms with Gasteiger partial charge in [-0.3, -0.25) is 0 Å². The number of fused-ring (bicyclic) bond motifs is 1. The van der Waals surface area contributed by atoms with E-state index in [0.29, 0.717) is 30.1 Å². The lowest BCUT2D eigenvalue weighted by atomic mass is 10.1. The number of hydrogen-bond acceptors (Lipinski definition) is 10. The zero-order valence-corrected chi connectivity index (χ0v) is 24.9. The number of carbonyl (C=O) groups excluding carboxylic acids is 4. The number of hydrogen-bond donors (Lipinski definition) is 1. The molecule has 4 aromatic rings. The van der Waals surface area contributed by atoms with E-state index in [9.17, 15) is 24.3 Å². The van der Waals surface area contributed by atoms with Gasteiger partial charge < -0.3 is 28.8 Å². The molecule has 236 valence electrons. The molecular formula is C36H32O10. The maximum Gasteiger partial charge on any atom is 0.343 e. The molecule has 0 bridgehead atoms. The van der Waals surface area contributed by atoms with Gasteiger partial charge in [0.2, 0.25) is 0 Å². The smallest absolute Gasteiger partial charge is 0.343 e. The Bertz CT molecular complexity index is 1740. The summed E-state index contributed by atoms with van der Waals surface area (Å²) in [6.45, 7) is 7.59. The topological polar surface area (TPSA) is 135 Å². The zero-order chi connectivity index (χ0) is 32.9. The molecule has 0 fully saturated rings. The molecule has 46 heavy (non-hydrogen) atoms. The molecule has 0 atom stereocenters. The summed E-state index contributed by atoms with van der Waals surface area (Å²) in [7, 11) is 0. The second kappa shape index (κ2) is 16.2. The quantitative estimate of drug-likeness (QED) is 0.0655. The number of phenolic OH excluding ortho intramolecular Hbond substituents is 1. The zero-order valence-electron chi connectivity index (χ0n) is 24.9. The lowest BCUT2D eigenvalue weighted by Gasteiger charge is -2.10. The van der Waals surface area contributed by atoms with E-state index in [1.54, 1.807) is 60.7 Å². The van der Waals surface area contributed by atoms with Crippen molar-refractivity contribution in [2.45, 2.75) is 25.7 Å². The van der Waals surface area contributed by atoms with Gasteiger partial charge in [0.25, 0.3) is 0 Å². The van der Waals surface area contributed by atoms with E-state index in [-0.39, 0.29) is 22.6 Å². The molecule has 4 rings (SSSR count). The van der Waals surface area contributed by atoms with Crippen LogP contribution >= 0.6 is 0 Å². The van der Waals surface area contributed by atoms with Crippen molar-refractivity contribution in [1.82, 2.24) is 0 Å². The molecule has 0 aliphatic rings. The highest BCUT2D eigenvalue weighted by molar-refractivity contribution is 5.97. The maximum absolute atomic E-state index is 12.8. The van der Waals surface area contributed by atoms with Crippen LogP contribution in [-0.4, -0.2) is 42.2 Å². The predicted molar refractivity (Wildman–Crippen MR) is 169 cm³/mol. The van der Waals surface area contributed by atoms with Crippen LogP contribution in [0.2, 0.25) is 0 Å². The van der Waals surface area contributed by atoms with Gasteiger partial charge in [-0.1, -0.05) is 25.3 Å². The van der Waals surface area contributed by atoms with Gasteiger partial charge in [0.05, 0.1) is 24.3 Å². The van der Waals surface area contributed by atoms with Crippen molar-refractivity contribution in [3.05, 3.63) is 115 Å². The Hall–Kier alpha value is -5.90. The third-order valence-electron chi connectivity index (χ3n) is 6.58. The molecule has 0 aliphatic carbocycles. The molecule has 0 aromatic heterocycles. The fraction of sp³-hybridized carbons (Fsp3) is 0.167. The molecule has 10 nitrogen and oxygen atoms in total. The third kappa shape index (κ3) is 9.55. The number of aromatic hydroxyl groups is 1. The van der Waals surface area contributed by atoms with Gasteiger partial charge in [-0.25, -0.2) is 19.2 Å². The minimum Gasteiger partial charge on any atom is -0.504 e. The lowest BCUT2D eigenvalue weighted by molar-refractivity contribution is -0.137. The Morgan fingerprint density at radius 2 is 1.17 bits per heavy atom. The minimum atomic E-state index is -0.710. The summed E-state index contributed by atoms with van der Waals surface area (Å²) in [6, 6.07) is 20.1. The first-order valence-corrected chi connectivity index (χ1v) is 14.4. The molecule has 0 saturated carbocycles. The van der Waals surface area contributed by atoms with Gasteiger partial charge >= 0.3 is 23.9 Å². The van der Waals surface area contributed by atoms with E-state index in [0.717, 1.165) is 43.2 Å². The monoisotopic (exact) mass is 624 g/mol. The van der Waals surface area contributed by atoms with E-state index < -0.39 is 29.6 Å². The van der Waals surface area contributed by atoms with Gasteiger partial charge in [0.15, 0.2) is 11.5 Å². The van der Waals surface area contributed by atoms with Crippen molar-refractivity contribution in [1.29, 1.82) is 0 Å². The average Bonchev–Trinajstić information content (AvgIpc) is 3.06. The summed E-state index contributed by atoms with van der Waals surface area (Å²) < 4.78 is 26.5. The molecule has 10 heteroatoms. The van der Waals surface area contributed by atoms with Crippen molar-refractivity contribution < 1.29 is 48.0 Å². The largest absolute Gasteiger partial charge is 0.504 e. The molecular weight excluding hydrogens is 592 g/mol. The Morgan fingerprint density at radius 1 is 0.587 bits per heavy atom. The number of phenols is 1. The molecule has 0 unspecified atom stereocenters. The molecule has 0 radical (unpaired) electrons. The van der Waals surface area contributed by atoms with E-state index in [1.807, 2.05) is 0 Å². The second-order valence-electron chi connectivity index (χ2n) is 9.92. The second-order valence-corrected chi connectivity index (χ2v) is 9.92. The van der Waals surface area contributed by atoms with Crippen LogP contribution in [0, 0.1) is 0 Å². The Balaban J connectivity index is 1.25. The first kappa shape index (κ1) is 33.0. The Morgan fingerprint density at radius 3 is 1.89 bits per heavy atom. The van der Waals surface area contributed by atoms with Crippen molar-refractivity contribution in [2.75, 3.05) is 13.2 Å². The fourth-order valence-electron chi connectivity index (χ4n) is 4.21. The van der Waals surface area contributed by atoms with E-state index in [4.69, 9.17) is 23.7 Å². The molecule has 0 aliphatic heterocycles. The summed E-state index contributed by atoms with van der Waals surface area (Å²) in [5.41, 5.74) is 0.508. The van der Waals surface area contributed by atoms with Crippen LogP contribution < -0.4 is 18.9 Å². The number of ether oxygens (including phenoxy) is 5. The van der Waals surface area contributed by atoms with Gasteiger partial charge in [-0.05, 0) is 97.1 Å². The van der Waals surface area contributed by atoms with Crippen LogP contribution in [0.25, 0.3) is 10.8 Å². The SMILES string of the molecule is C=CC(=O)OCCCCCCOc1ccc(C(=O)Oc2ccc(OC(=O)c3ccc4cc(OC(=O)C=C)ccc4c3)c(O)c2)cc1. The molecule has 4 aromatic carbocycles. The van der Waals surface area contributed by atoms with Crippen LogP contribution in [0.5, 0.6) is 28.7 Å². The maximum atomic E-state index is 12.8. The van der Waals surface area contributed by atoms with Crippen LogP contribution in [-0.2, 0) is 14.3 Å². The summed E-state index contributed by atoms with van der Waals surface area (Å²) in [6.07, 6.45) is 5.63. The minimum absolute atomic E-state index is 0.0561. The lowest BCUT2D eigenvalue weighted by Crippen LogP contribution is -2.10. The van der Waals surface area contributed by atoms with E-state index in [1.165, 1.54) is 18.2 Å². The van der Waals surface area contributed by atoms with Crippen LogP contribution in [0.3, 0.4) is 0 Å². The molecule has 0 spiro atoms. The van der Waals surface area contributed by atoms with E-state index in [2.05, 4.69) is 13.2 Å². The number of esters is 4. The van der Waals surface area contributed by atoms with Crippen molar-refractivity contribution in [3.8, 4) is 28.7 Å². The van der Waals surface area contributed by atoms with Crippen molar-refractivity contribution in [3.63, 3.8) is 0 Å².